The second-order valence-corrected chi connectivity index (χ2v) is 11.6. The normalized spacial score (nSPS) is 20.1. The largest absolute Gasteiger partial charge is 0.493 e. The molecule has 1 N–H and O–H groups in total. The van der Waals surface area contributed by atoms with Crippen LogP contribution in [0.15, 0.2) is 76.6 Å². The van der Waals surface area contributed by atoms with Crippen molar-refractivity contribution in [2.45, 2.75) is 29.7 Å². The van der Waals surface area contributed by atoms with E-state index in [1.807, 2.05) is 37.3 Å². The molecule has 39 heavy (non-hydrogen) atoms. The first-order valence-corrected chi connectivity index (χ1v) is 13.9. The minimum Gasteiger partial charge on any atom is -0.493 e. The van der Waals surface area contributed by atoms with Gasteiger partial charge in [0.25, 0.3) is 0 Å². The van der Waals surface area contributed by atoms with Gasteiger partial charge in [-0.05, 0) is 54.4 Å². The van der Waals surface area contributed by atoms with Crippen LogP contribution >= 0.6 is 23.1 Å². The van der Waals surface area contributed by atoms with Crippen LogP contribution in [0, 0.1) is 18.7 Å². The second-order valence-electron chi connectivity index (χ2n) is 9.43. The van der Waals surface area contributed by atoms with Crippen LogP contribution < -0.4 is 19.2 Å². The van der Waals surface area contributed by atoms with E-state index in [1.54, 1.807) is 19.2 Å². The Morgan fingerprint density at radius 2 is 1.77 bits per heavy atom. The van der Waals surface area contributed by atoms with Crippen LogP contribution in [0.5, 0.6) is 11.5 Å². The first-order valence-electron chi connectivity index (χ1n) is 12.2. The van der Waals surface area contributed by atoms with Crippen LogP contribution in [0.4, 0.5) is 10.1 Å². The highest BCUT2D eigenvalue weighted by Crippen LogP contribution is 2.53. The Labute approximate surface area is 231 Å². The van der Waals surface area contributed by atoms with E-state index in [0.717, 1.165) is 32.9 Å². The standard InChI is InChI=1S/C29H23FN2O5S2/c1-15-4-3-5-16(12-15)14-37-20-11-6-17(13-21(20)36-2)22-23-25(38-26-24(22)39-29(35)31-26)28(34)32(27(23)33)19-9-7-18(30)8-10-19/h3-13,22-23,25H,14H2,1-2H3,(H,31,35)/t22-,23-,25+/m0/s1. The van der Waals surface area contributed by atoms with Gasteiger partial charge in [0.2, 0.25) is 11.8 Å². The van der Waals surface area contributed by atoms with Gasteiger partial charge in [-0.15, -0.1) is 0 Å². The molecule has 6 rings (SSSR count). The van der Waals surface area contributed by atoms with Crippen LogP contribution in [-0.2, 0) is 16.2 Å². The predicted octanol–water partition coefficient (Wildman–Crippen LogP) is 5.27. The Hall–Kier alpha value is -3.89. The molecule has 3 heterocycles. The summed E-state index contributed by atoms with van der Waals surface area (Å²) in [6, 6.07) is 18.7. The zero-order valence-corrected chi connectivity index (χ0v) is 22.6. The Kier molecular flexibility index (Phi) is 6.52. The highest BCUT2D eigenvalue weighted by molar-refractivity contribution is 8.00. The minimum absolute atomic E-state index is 0.252. The van der Waals surface area contributed by atoms with Gasteiger partial charge in [-0.1, -0.05) is 59.0 Å². The number of aromatic amines is 1. The lowest BCUT2D eigenvalue weighted by molar-refractivity contribution is -0.122. The fraction of sp³-hybridized carbons (Fsp3) is 0.207. The molecule has 2 aliphatic heterocycles. The molecule has 7 nitrogen and oxygen atoms in total. The number of aromatic nitrogens is 1. The number of ether oxygens (including phenoxy) is 2. The number of thioether (sulfide) groups is 1. The molecule has 4 aromatic rings. The number of fused-ring (bicyclic) bond motifs is 2. The van der Waals surface area contributed by atoms with Crippen molar-refractivity contribution >= 4 is 40.6 Å². The number of hydrogen-bond donors (Lipinski definition) is 1. The molecule has 2 amide bonds. The molecule has 3 atom stereocenters. The number of thiazole rings is 1. The molecule has 0 bridgehead atoms. The van der Waals surface area contributed by atoms with E-state index in [0.29, 0.717) is 33.7 Å². The van der Waals surface area contributed by atoms with Gasteiger partial charge in [0.1, 0.15) is 17.7 Å². The average molecular weight is 563 g/mol. The van der Waals surface area contributed by atoms with E-state index in [-0.39, 0.29) is 10.8 Å². The third kappa shape index (κ3) is 4.53. The van der Waals surface area contributed by atoms with Gasteiger partial charge in [0, 0.05) is 10.8 Å². The Bertz CT molecular complexity index is 1650. The smallest absolute Gasteiger partial charge is 0.305 e. The number of nitrogens with zero attached hydrogens (tertiary/aromatic N) is 1. The van der Waals surface area contributed by atoms with Gasteiger partial charge in [0.15, 0.2) is 11.5 Å². The predicted molar refractivity (Wildman–Crippen MR) is 147 cm³/mol. The van der Waals surface area contributed by atoms with Crippen LogP contribution in [0.3, 0.4) is 0 Å². The summed E-state index contributed by atoms with van der Waals surface area (Å²) in [6.07, 6.45) is 0. The summed E-state index contributed by atoms with van der Waals surface area (Å²) in [4.78, 5) is 44.1. The summed E-state index contributed by atoms with van der Waals surface area (Å²) < 4.78 is 25.2. The van der Waals surface area contributed by atoms with Crippen LogP contribution in [0.2, 0.25) is 0 Å². The first kappa shape index (κ1) is 25.4. The highest BCUT2D eigenvalue weighted by Gasteiger charge is 2.56. The van der Waals surface area contributed by atoms with Gasteiger partial charge < -0.3 is 14.5 Å². The van der Waals surface area contributed by atoms with E-state index < -0.39 is 28.8 Å². The number of H-pyrrole nitrogens is 1. The molecule has 0 unspecified atom stereocenters. The summed E-state index contributed by atoms with van der Waals surface area (Å²) in [7, 11) is 1.54. The molecule has 3 aromatic carbocycles. The van der Waals surface area contributed by atoms with E-state index in [9.17, 15) is 18.8 Å². The number of amides is 2. The summed E-state index contributed by atoms with van der Waals surface area (Å²) in [5.74, 6) is -1.54. The van der Waals surface area contributed by atoms with Crippen LogP contribution in [-0.4, -0.2) is 29.2 Å². The van der Waals surface area contributed by atoms with E-state index in [1.165, 1.54) is 36.0 Å². The Morgan fingerprint density at radius 1 is 0.974 bits per heavy atom. The van der Waals surface area contributed by atoms with E-state index >= 15 is 0 Å². The van der Waals surface area contributed by atoms with Crippen molar-refractivity contribution in [1.82, 2.24) is 4.98 Å². The minimum atomic E-state index is -0.754. The third-order valence-electron chi connectivity index (χ3n) is 6.93. The van der Waals surface area contributed by atoms with Crippen molar-refractivity contribution in [1.29, 1.82) is 0 Å². The van der Waals surface area contributed by atoms with Gasteiger partial charge >= 0.3 is 4.87 Å². The van der Waals surface area contributed by atoms with E-state index in [2.05, 4.69) is 4.98 Å². The first-order chi connectivity index (χ1) is 18.8. The molecule has 0 aliphatic carbocycles. The summed E-state index contributed by atoms with van der Waals surface area (Å²) >= 11 is 2.23. The third-order valence-corrected chi connectivity index (χ3v) is 9.33. The Balaban J connectivity index is 1.37. The summed E-state index contributed by atoms with van der Waals surface area (Å²) in [5, 5.41) is -0.161. The van der Waals surface area contributed by atoms with Crippen molar-refractivity contribution in [2.75, 3.05) is 12.0 Å². The molecule has 1 aromatic heterocycles. The maximum absolute atomic E-state index is 13.8. The number of rotatable bonds is 6. The lowest BCUT2D eigenvalue weighted by atomic mass is 9.83. The van der Waals surface area contributed by atoms with Crippen molar-refractivity contribution in [3.63, 3.8) is 0 Å². The second kappa shape index (κ2) is 10.0. The molecule has 10 heteroatoms. The number of imide groups is 1. The Morgan fingerprint density at radius 3 is 2.51 bits per heavy atom. The molecule has 0 spiro atoms. The quantitative estimate of drug-likeness (QED) is 0.322. The van der Waals surface area contributed by atoms with Gasteiger partial charge in [-0.3, -0.25) is 14.4 Å². The highest BCUT2D eigenvalue weighted by atomic mass is 32.2. The molecule has 0 saturated carbocycles. The number of nitrogens with one attached hydrogen (secondary N) is 1. The monoisotopic (exact) mass is 562 g/mol. The fourth-order valence-electron chi connectivity index (χ4n) is 5.18. The number of carbonyl (C=O) groups is 2. The van der Waals surface area contributed by atoms with Gasteiger partial charge in [-0.25, -0.2) is 9.29 Å². The molecular formula is C29H23FN2O5S2. The molecule has 1 fully saturated rings. The average Bonchev–Trinajstić information content (AvgIpc) is 3.42. The zero-order valence-electron chi connectivity index (χ0n) is 21.0. The molecule has 1 saturated heterocycles. The molecule has 198 valence electrons. The topological polar surface area (TPSA) is 88.7 Å². The molecule has 2 aliphatic rings. The maximum Gasteiger partial charge on any atom is 0.305 e. The number of anilines is 1. The zero-order chi connectivity index (χ0) is 27.3. The van der Waals surface area contributed by atoms with Crippen molar-refractivity contribution in [3.05, 3.63) is 104 Å². The lowest BCUT2D eigenvalue weighted by Gasteiger charge is -2.30. The molecular weight excluding hydrogens is 539 g/mol. The van der Waals surface area contributed by atoms with Crippen LogP contribution in [0.1, 0.15) is 27.5 Å². The fourth-order valence-corrected chi connectivity index (χ4v) is 7.70. The van der Waals surface area contributed by atoms with E-state index in [4.69, 9.17) is 9.47 Å². The van der Waals surface area contributed by atoms with Crippen molar-refractivity contribution < 1.29 is 23.5 Å². The number of benzene rings is 3. The molecule has 0 radical (unpaired) electrons. The number of aryl methyl sites for hydroxylation is 1. The van der Waals surface area contributed by atoms with Gasteiger partial charge in [-0.2, -0.15) is 0 Å². The number of carbonyl (C=O) groups excluding carboxylic acids is 2. The lowest BCUT2D eigenvalue weighted by Crippen LogP contribution is -2.32. The summed E-state index contributed by atoms with van der Waals surface area (Å²) in [6.45, 7) is 2.37. The number of hydrogen-bond acceptors (Lipinski definition) is 7. The van der Waals surface area contributed by atoms with Crippen molar-refractivity contribution in [3.8, 4) is 11.5 Å². The van der Waals surface area contributed by atoms with Crippen LogP contribution in [0.25, 0.3) is 0 Å². The number of halogens is 1. The summed E-state index contributed by atoms with van der Waals surface area (Å²) in [5.41, 5.74) is 3.19. The van der Waals surface area contributed by atoms with Crippen molar-refractivity contribution in [2.24, 2.45) is 5.92 Å². The number of methoxy groups -OCH3 is 1. The SMILES string of the molecule is COc1cc([C@@H]2c3sc(=O)[nH]c3S[C@H]3C(=O)N(c4ccc(F)cc4)C(=O)[C@@H]23)ccc1OCc1cccc(C)c1. The maximum atomic E-state index is 13.8. The van der Waals surface area contributed by atoms with Gasteiger partial charge in [0.05, 0.1) is 23.7 Å².